The fourth-order valence-electron chi connectivity index (χ4n) is 4.39. The third-order valence-electron chi connectivity index (χ3n) is 6.52. The fourth-order valence-corrected chi connectivity index (χ4v) is 4.39. The number of hydrogen-bond acceptors (Lipinski definition) is 7. The van der Waals surface area contributed by atoms with Crippen molar-refractivity contribution in [3.05, 3.63) is 54.0 Å². The summed E-state index contributed by atoms with van der Waals surface area (Å²) in [5.41, 5.74) is 0.0856. The van der Waals surface area contributed by atoms with Crippen molar-refractivity contribution in [2.24, 2.45) is 0 Å². The summed E-state index contributed by atoms with van der Waals surface area (Å²) in [6.07, 6.45) is -6.22. The van der Waals surface area contributed by atoms with E-state index in [0.717, 1.165) is 6.20 Å². The molecule has 12 heteroatoms. The molecule has 1 aromatic heterocycles. The molecule has 0 radical (unpaired) electrons. The van der Waals surface area contributed by atoms with E-state index in [9.17, 15) is 22.4 Å². The molecule has 202 valence electrons. The number of morpholine rings is 1. The molecular weight excluding hydrogens is 498 g/mol. The van der Waals surface area contributed by atoms with Gasteiger partial charge < -0.3 is 28.7 Å². The van der Waals surface area contributed by atoms with Crippen molar-refractivity contribution in [3.63, 3.8) is 0 Å². The Morgan fingerprint density at radius 1 is 1.14 bits per heavy atom. The first-order chi connectivity index (χ1) is 17.7. The molecule has 0 saturated carbocycles. The number of amides is 1. The van der Waals surface area contributed by atoms with Crippen LogP contribution in [0.4, 0.5) is 28.2 Å². The van der Waals surface area contributed by atoms with E-state index in [-0.39, 0.29) is 19.7 Å². The molecule has 2 aromatic rings. The van der Waals surface area contributed by atoms with Gasteiger partial charge in [0.05, 0.1) is 38.7 Å². The van der Waals surface area contributed by atoms with Crippen LogP contribution in [0.3, 0.4) is 0 Å². The van der Waals surface area contributed by atoms with Gasteiger partial charge in [-0.15, -0.1) is 0 Å². The Morgan fingerprint density at radius 2 is 1.86 bits per heavy atom. The lowest BCUT2D eigenvalue weighted by atomic mass is 9.89. The van der Waals surface area contributed by atoms with Crippen molar-refractivity contribution in [1.29, 1.82) is 0 Å². The van der Waals surface area contributed by atoms with Crippen molar-refractivity contribution < 1.29 is 41.3 Å². The molecule has 2 aliphatic rings. The van der Waals surface area contributed by atoms with Crippen molar-refractivity contribution >= 4 is 11.9 Å². The van der Waals surface area contributed by atoms with E-state index >= 15 is 0 Å². The molecule has 1 amide bonds. The van der Waals surface area contributed by atoms with Crippen molar-refractivity contribution in [2.75, 3.05) is 51.4 Å². The molecule has 2 saturated heterocycles. The Hall–Kier alpha value is -3.12. The summed E-state index contributed by atoms with van der Waals surface area (Å²) in [6.45, 7) is 0.959. The molecule has 0 aliphatic carbocycles. The SMILES string of the molecule is COc1ccc(COCC(OC(=O)N2CCC3(CC2)CN(c2ccc(F)cn2)CCO3)C(F)(F)F)cc1. The van der Waals surface area contributed by atoms with Gasteiger partial charge in [-0.2, -0.15) is 13.2 Å². The van der Waals surface area contributed by atoms with E-state index in [1.165, 1.54) is 18.1 Å². The molecule has 1 aromatic carbocycles. The third kappa shape index (κ3) is 7.01. The summed E-state index contributed by atoms with van der Waals surface area (Å²) in [5.74, 6) is 0.808. The number of methoxy groups -OCH3 is 1. The van der Waals surface area contributed by atoms with Crippen LogP contribution >= 0.6 is 0 Å². The van der Waals surface area contributed by atoms with Gasteiger partial charge in [0.1, 0.15) is 17.4 Å². The first kappa shape index (κ1) is 26.9. The van der Waals surface area contributed by atoms with E-state index in [1.54, 1.807) is 30.3 Å². The lowest BCUT2D eigenvalue weighted by Crippen LogP contribution is -2.58. The van der Waals surface area contributed by atoms with Gasteiger partial charge in [0.15, 0.2) is 0 Å². The summed E-state index contributed by atoms with van der Waals surface area (Å²) < 4.78 is 74.9. The van der Waals surface area contributed by atoms with Crippen LogP contribution in [0.2, 0.25) is 0 Å². The number of likely N-dealkylation sites (tertiary alicyclic amines) is 1. The number of piperidine rings is 1. The predicted molar refractivity (Wildman–Crippen MR) is 125 cm³/mol. The molecular formula is C25H29F4N3O5. The number of carbonyl (C=O) groups is 1. The van der Waals surface area contributed by atoms with Crippen LogP contribution in [0.15, 0.2) is 42.6 Å². The van der Waals surface area contributed by atoms with E-state index in [2.05, 4.69) is 4.98 Å². The standard InChI is InChI=1S/C25H29F4N3O5/c1-34-20-5-2-18(3-6-20)15-35-16-21(25(27,28)29)37-23(33)31-10-8-24(9-11-31)17-32(12-13-36-24)22-7-4-19(26)14-30-22/h2-7,14,21H,8-13,15-17H2,1H3. The quantitative estimate of drug-likeness (QED) is 0.500. The number of hydrogen-bond donors (Lipinski definition) is 0. The number of aromatic nitrogens is 1. The maximum absolute atomic E-state index is 13.5. The molecule has 1 unspecified atom stereocenters. The average Bonchev–Trinajstić information content (AvgIpc) is 2.89. The molecule has 37 heavy (non-hydrogen) atoms. The molecule has 4 rings (SSSR count). The summed E-state index contributed by atoms with van der Waals surface area (Å²) in [5, 5.41) is 0. The zero-order chi connectivity index (χ0) is 26.5. The Kier molecular flexibility index (Phi) is 8.38. The molecule has 2 aliphatic heterocycles. The molecule has 1 spiro atoms. The highest BCUT2D eigenvalue weighted by Crippen LogP contribution is 2.33. The largest absolute Gasteiger partial charge is 0.497 e. The van der Waals surface area contributed by atoms with Crippen molar-refractivity contribution in [3.8, 4) is 5.75 Å². The Bertz CT molecular complexity index is 1030. The van der Waals surface area contributed by atoms with E-state index in [0.29, 0.717) is 49.7 Å². The van der Waals surface area contributed by atoms with Crippen LogP contribution in [0.5, 0.6) is 5.75 Å². The highest BCUT2D eigenvalue weighted by molar-refractivity contribution is 5.68. The lowest BCUT2D eigenvalue weighted by Gasteiger charge is -2.47. The van der Waals surface area contributed by atoms with Crippen LogP contribution in [-0.2, 0) is 20.8 Å². The maximum Gasteiger partial charge on any atom is 0.427 e. The van der Waals surface area contributed by atoms with Crippen LogP contribution in [0.25, 0.3) is 0 Å². The van der Waals surface area contributed by atoms with Gasteiger partial charge in [-0.1, -0.05) is 12.1 Å². The van der Waals surface area contributed by atoms with Gasteiger partial charge in [0.2, 0.25) is 6.10 Å². The number of pyridine rings is 1. The number of rotatable bonds is 7. The number of nitrogens with zero attached hydrogens (tertiary/aromatic N) is 3. The Morgan fingerprint density at radius 3 is 2.49 bits per heavy atom. The summed E-state index contributed by atoms with van der Waals surface area (Å²) >= 11 is 0. The minimum Gasteiger partial charge on any atom is -0.497 e. The number of ether oxygens (including phenoxy) is 4. The highest BCUT2D eigenvalue weighted by Gasteiger charge is 2.46. The smallest absolute Gasteiger partial charge is 0.427 e. The van der Waals surface area contributed by atoms with Crippen molar-refractivity contribution in [1.82, 2.24) is 9.88 Å². The molecule has 8 nitrogen and oxygen atoms in total. The maximum atomic E-state index is 13.5. The highest BCUT2D eigenvalue weighted by atomic mass is 19.4. The summed E-state index contributed by atoms with van der Waals surface area (Å²) in [4.78, 5) is 19.9. The second-order valence-corrected chi connectivity index (χ2v) is 9.05. The van der Waals surface area contributed by atoms with E-state index < -0.39 is 36.4 Å². The summed E-state index contributed by atoms with van der Waals surface area (Å²) in [6, 6.07) is 9.63. The second-order valence-electron chi connectivity index (χ2n) is 9.05. The molecule has 1 atom stereocenters. The molecule has 2 fully saturated rings. The van der Waals surface area contributed by atoms with Crippen molar-refractivity contribution in [2.45, 2.75) is 37.3 Å². The minimum absolute atomic E-state index is 0.0723. The number of alkyl halides is 3. The van der Waals surface area contributed by atoms with Crippen LogP contribution in [0, 0.1) is 5.82 Å². The van der Waals surface area contributed by atoms with Crippen LogP contribution in [-0.4, -0.2) is 80.4 Å². The summed E-state index contributed by atoms with van der Waals surface area (Å²) in [7, 11) is 1.51. The first-order valence-corrected chi connectivity index (χ1v) is 11.9. The van der Waals surface area contributed by atoms with Gasteiger partial charge in [-0.25, -0.2) is 14.2 Å². The topological polar surface area (TPSA) is 73.4 Å². The fraction of sp³-hybridized carbons (Fsp3) is 0.520. The predicted octanol–water partition coefficient (Wildman–Crippen LogP) is 4.18. The van der Waals surface area contributed by atoms with Gasteiger partial charge in [0.25, 0.3) is 0 Å². The zero-order valence-electron chi connectivity index (χ0n) is 20.4. The van der Waals surface area contributed by atoms with Gasteiger partial charge in [-0.05, 0) is 42.7 Å². The normalized spacial score (nSPS) is 18.5. The number of carbonyl (C=O) groups excluding carboxylic acids is 1. The monoisotopic (exact) mass is 527 g/mol. The second kappa shape index (κ2) is 11.5. The lowest BCUT2D eigenvalue weighted by molar-refractivity contribution is -0.220. The van der Waals surface area contributed by atoms with Gasteiger partial charge >= 0.3 is 12.3 Å². The number of benzene rings is 1. The molecule has 3 heterocycles. The van der Waals surface area contributed by atoms with E-state index in [4.69, 9.17) is 18.9 Å². The van der Waals surface area contributed by atoms with Gasteiger partial charge in [-0.3, -0.25) is 0 Å². The Balaban J connectivity index is 1.28. The third-order valence-corrected chi connectivity index (χ3v) is 6.52. The molecule has 0 N–H and O–H groups in total. The van der Waals surface area contributed by atoms with E-state index in [1.807, 2.05) is 4.90 Å². The Labute approximate surface area is 212 Å². The average molecular weight is 528 g/mol. The van der Waals surface area contributed by atoms with Gasteiger partial charge in [0, 0.05) is 26.2 Å². The van der Waals surface area contributed by atoms with Crippen LogP contribution < -0.4 is 9.64 Å². The number of anilines is 1. The van der Waals surface area contributed by atoms with Crippen LogP contribution in [0.1, 0.15) is 18.4 Å². The first-order valence-electron chi connectivity index (χ1n) is 11.9. The minimum atomic E-state index is -4.78. The molecule has 0 bridgehead atoms. The number of halogens is 4. The zero-order valence-corrected chi connectivity index (χ0v) is 20.4.